The largest absolute Gasteiger partial charge is 0.394 e. The molecule has 2 aromatic carbocycles. The van der Waals surface area contributed by atoms with Gasteiger partial charge in [0.05, 0.1) is 37.1 Å². The first-order valence-corrected chi connectivity index (χ1v) is 10.3. The second-order valence-electron chi connectivity index (χ2n) is 6.52. The number of aliphatic hydroxyl groups excluding tert-OH is 1. The summed E-state index contributed by atoms with van der Waals surface area (Å²) >= 11 is 12.7. The van der Waals surface area contributed by atoms with E-state index in [1.165, 1.54) is 0 Å². The Morgan fingerprint density at radius 1 is 1.03 bits per heavy atom. The summed E-state index contributed by atoms with van der Waals surface area (Å²) in [5, 5.41) is 25.3. The fraction of sp³-hybridized carbons (Fsp3) is 0.227. The standard InChI is InChI=1S/C22H21Cl2N5O2/c23-19-2-1-3-20(24)18(19)12-17-13-21(26-8-10-31-11-9-30)29-22(28-17)27-16-6-4-15(14-25)5-7-16/h1-7,13,30H,8-12H2,(H2,26,27,28,29). The number of rotatable bonds is 10. The van der Waals surface area contributed by atoms with Crippen LogP contribution in [0.2, 0.25) is 10.0 Å². The van der Waals surface area contributed by atoms with E-state index in [0.717, 1.165) is 16.9 Å². The van der Waals surface area contributed by atoms with Crippen LogP contribution in [-0.4, -0.2) is 41.4 Å². The lowest BCUT2D eigenvalue weighted by molar-refractivity contribution is 0.0992. The van der Waals surface area contributed by atoms with E-state index < -0.39 is 0 Å². The van der Waals surface area contributed by atoms with Crippen molar-refractivity contribution in [1.82, 2.24) is 9.97 Å². The molecule has 0 unspecified atom stereocenters. The molecule has 0 aliphatic carbocycles. The fourth-order valence-corrected chi connectivity index (χ4v) is 3.32. The molecule has 0 aliphatic rings. The predicted molar refractivity (Wildman–Crippen MR) is 122 cm³/mol. The molecule has 0 spiro atoms. The third-order valence-electron chi connectivity index (χ3n) is 4.26. The van der Waals surface area contributed by atoms with E-state index in [1.807, 2.05) is 6.07 Å². The van der Waals surface area contributed by atoms with Crippen molar-refractivity contribution in [1.29, 1.82) is 5.26 Å². The summed E-state index contributed by atoms with van der Waals surface area (Å²) in [4.78, 5) is 9.10. The van der Waals surface area contributed by atoms with Crippen LogP contribution < -0.4 is 10.6 Å². The molecule has 0 bridgehead atoms. The van der Waals surface area contributed by atoms with Crippen molar-refractivity contribution < 1.29 is 9.84 Å². The maximum Gasteiger partial charge on any atom is 0.229 e. The van der Waals surface area contributed by atoms with Gasteiger partial charge in [0.1, 0.15) is 5.82 Å². The van der Waals surface area contributed by atoms with Gasteiger partial charge in [-0.3, -0.25) is 0 Å². The van der Waals surface area contributed by atoms with Gasteiger partial charge >= 0.3 is 0 Å². The minimum atomic E-state index is -0.0189. The molecule has 3 rings (SSSR count). The maximum absolute atomic E-state index is 8.96. The van der Waals surface area contributed by atoms with Crippen LogP contribution >= 0.6 is 23.2 Å². The van der Waals surface area contributed by atoms with Crippen molar-refractivity contribution >= 4 is 40.7 Å². The number of halogens is 2. The zero-order valence-electron chi connectivity index (χ0n) is 16.6. The molecule has 7 nitrogen and oxygen atoms in total. The van der Waals surface area contributed by atoms with Crippen LogP contribution in [0.4, 0.5) is 17.5 Å². The number of aliphatic hydroxyl groups is 1. The molecule has 3 aromatic rings. The van der Waals surface area contributed by atoms with Crippen LogP contribution in [0.1, 0.15) is 16.8 Å². The summed E-state index contributed by atoms with van der Waals surface area (Å²) in [5.74, 6) is 1.00. The SMILES string of the molecule is N#Cc1ccc(Nc2nc(Cc3c(Cl)cccc3Cl)cc(NCCOCCO)n2)cc1. The molecule has 1 aromatic heterocycles. The average Bonchev–Trinajstić information content (AvgIpc) is 2.77. The van der Waals surface area contributed by atoms with Crippen molar-refractivity contribution in [3.63, 3.8) is 0 Å². The molecule has 3 N–H and O–H groups in total. The average molecular weight is 458 g/mol. The molecule has 0 atom stereocenters. The van der Waals surface area contributed by atoms with E-state index >= 15 is 0 Å². The molecule has 0 aliphatic heterocycles. The lowest BCUT2D eigenvalue weighted by atomic mass is 10.1. The van der Waals surface area contributed by atoms with Crippen LogP contribution in [-0.2, 0) is 11.2 Å². The Morgan fingerprint density at radius 2 is 1.77 bits per heavy atom. The van der Waals surface area contributed by atoms with Crippen LogP contribution in [0.15, 0.2) is 48.5 Å². The zero-order valence-corrected chi connectivity index (χ0v) is 18.1. The molecule has 0 saturated carbocycles. The van der Waals surface area contributed by atoms with Crippen LogP contribution in [0.5, 0.6) is 0 Å². The van der Waals surface area contributed by atoms with Crippen molar-refractivity contribution in [2.24, 2.45) is 0 Å². The highest BCUT2D eigenvalue weighted by Crippen LogP contribution is 2.27. The van der Waals surface area contributed by atoms with Crippen molar-refractivity contribution in [2.75, 3.05) is 37.0 Å². The third kappa shape index (κ3) is 6.81. The van der Waals surface area contributed by atoms with E-state index in [0.29, 0.717) is 46.9 Å². The topological polar surface area (TPSA) is 103 Å². The summed E-state index contributed by atoms with van der Waals surface area (Å²) < 4.78 is 5.28. The number of nitrogens with zero attached hydrogens (tertiary/aromatic N) is 3. The van der Waals surface area contributed by atoms with Gasteiger partial charge in [-0.25, -0.2) is 4.98 Å². The van der Waals surface area contributed by atoms with Gasteiger partial charge in [0.25, 0.3) is 0 Å². The fourth-order valence-electron chi connectivity index (χ4n) is 2.79. The number of aromatic nitrogens is 2. The lowest BCUT2D eigenvalue weighted by Gasteiger charge is -2.13. The second kappa shape index (κ2) is 11.5. The van der Waals surface area contributed by atoms with Crippen LogP contribution in [0, 0.1) is 11.3 Å². The van der Waals surface area contributed by atoms with Gasteiger partial charge < -0.3 is 20.5 Å². The first kappa shape index (κ1) is 22.8. The Labute approximate surface area is 190 Å². The van der Waals surface area contributed by atoms with Gasteiger partial charge in [0.15, 0.2) is 0 Å². The number of ether oxygens (including phenoxy) is 1. The van der Waals surface area contributed by atoms with Gasteiger partial charge in [-0.15, -0.1) is 0 Å². The Hall–Kier alpha value is -2.89. The summed E-state index contributed by atoms with van der Waals surface area (Å²) in [6.45, 7) is 1.20. The van der Waals surface area contributed by atoms with Gasteiger partial charge in [-0.2, -0.15) is 10.2 Å². The number of anilines is 3. The number of nitriles is 1. The Balaban J connectivity index is 1.83. The summed E-state index contributed by atoms with van der Waals surface area (Å²) in [7, 11) is 0. The summed E-state index contributed by atoms with van der Waals surface area (Å²) in [6, 6.07) is 16.3. The molecule has 1 heterocycles. The summed E-state index contributed by atoms with van der Waals surface area (Å²) in [6.07, 6.45) is 0.429. The van der Waals surface area contributed by atoms with E-state index in [-0.39, 0.29) is 13.2 Å². The number of hydrogen-bond donors (Lipinski definition) is 3. The number of hydrogen-bond acceptors (Lipinski definition) is 7. The predicted octanol–water partition coefficient (Wildman–Crippen LogP) is 4.41. The molecule has 0 saturated heterocycles. The van der Waals surface area contributed by atoms with Crippen LogP contribution in [0.3, 0.4) is 0 Å². The molecular weight excluding hydrogens is 437 g/mol. The number of benzene rings is 2. The lowest BCUT2D eigenvalue weighted by Crippen LogP contribution is -2.13. The quantitative estimate of drug-likeness (QED) is 0.387. The summed E-state index contributed by atoms with van der Waals surface area (Å²) in [5.41, 5.74) is 2.83. The molecule has 9 heteroatoms. The highest BCUT2D eigenvalue weighted by molar-refractivity contribution is 6.36. The molecule has 0 amide bonds. The van der Waals surface area contributed by atoms with E-state index in [1.54, 1.807) is 42.5 Å². The normalized spacial score (nSPS) is 10.5. The highest BCUT2D eigenvalue weighted by atomic mass is 35.5. The van der Waals surface area contributed by atoms with Gasteiger partial charge in [-0.05, 0) is 42.0 Å². The Morgan fingerprint density at radius 3 is 2.45 bits per heavy atom. The zero-order chi connectivity index (χ0) is 22.1. The number of nitrogens with one attached hydrogen (secondary N) is 2. The van der Waals surface area contributed by atoms with Crippen molar-refractivity contribution in [3.8, 4) is 6.07 Å². The van der Waals surface area contributed by atoms with Gasteiger partial charge in [0.2, 0.25) is 5.95 Å². The van der Waals surface area contributed by atoms with Crippen molar-refractivity contribution in [3.05, 3.63) is 75.4 Å². The minimum absolute atomic E-state index is 0.0189. The van der Waals surface area contributed by atoms with E-state index in [9.17, 15) is 0 Å². The molecular formula is C22H21Cl2N5O2. The monoisotopic (exact) mass is 457 g/mol. The molecule has 0 radical (unpaired) electrons. The Bertz CT molecular complexity index is 1030. The maximum atomic E-state index is 8.96. The highest BCUT2D eigenvalue weighted by Gasteiger charge is 2.11. The third-order valence-corrected chi connectivity index (χ3v) is 4.97. The first-order chi connectivity index (χ1) is 15.1. The molecule has 31 heavy (non-hydrogen) atoms. The molecule has 160 valence electrons. The van der Waals surface area contributed by atoms with Gasteiger partial charge in [0, 0.05) is 34.8 Å². The first-order valence-electron chi connectivity index (χ1n) is 9.59. The van der Waals surface area contributed by atoms with E-state index in [2.05, 4.69) is 26.7 Å². The smallest absolute Gasteiger partial charge is 0.229 e. The van der Waals surface area contributed by atoms with Crippen LogP contribution in [0.25, 0.3) is 0 Å². The second-order valence-corrected chi connectivity index (χ2v) is 7.34. The van der Waals surface area contributed by atoms with Gasteiger partial charge in [-0.1, -0.05) is 29.3 Å². The van der Waals surface area contributed by atoms with E-state index in [4.69, 9.17) is 38.3 Å². The molecule has 0 fully saturated rings. The Kier molecular flexibility index (Phi) is 8.44. The minimum Gasteiger partial charge on any atom is -0.394 e. The van der Waals surface area contributed by atoms with Crippen molar-refractivity contribution in [2.45, 2.75) is 6.42 Å².